The summed E-state index contributed by atoms with van der Waals surface area (Å²) < 4.78 is 0. The largest absolute Gasteiger partial charge is 0.107 e. The van der Waals surface area contributed by atoms with Crippen molar-refractivity contribution in [1.29, 1.82) is 0 Å². The summed E-state index contributed by atoms with van der Waals surface area (Å²) >= 11 is 0. The minimum absolute atomic E-state index is 0.309. The molecule has 0 aromatic rings. The van der Waals surface area contributed by atoms with Gasteiger partial charge in [-0.2, -0.15) is 0 Å². The van der Waals surface area contributed by atoms with Crippen LogP contribution in [-0.2, 0) is 0 Å². The van der Waals surface area contributed by atoms with E-state index in [-0.39, 0.29) is 0 Å². The van der Waals surface area contributed by atoms with Gasteiger partial charge in [0.1, 0.15) is 0 Å². The Balaban J connectivity index is 1.83. The maximum absolute atomic E-state index is 1.61. The van der Waals surface area contributed by atoms with Crippen LogP contribution in [0.5, 0.6) is 0 Å². The number of hydrogen-bond acceptors (Lipinski definition) is 0. The second-order valence-corrected chi connectivity index (χ2v) is 27.1. The quantitative estimate of drug-likeness (QED) is 0.213. The van der Waals surface area contributed by atoms with Crippen molar-refractivity contribution in [3.05, 3.63) is 0 Å². The molecule has 0 radical (unpaired) electrons. The van der Waals surface area contributed by atoms with Crippen LogP contribution in [-0.4, -0.2) is 37.0 Å². The van der Waals surface area contributed by atoms with Crippen LogP contribution in [0.3, 0.4) is 0 Å². The standard InChI is InChI=1S/C60H120P2/c1-2-8-14-20-26-32-38-44-50-56-62-59-53-47-41-35-29-23-17-11-5-3-9-15-21-27-33-39-45-51-57-61(55-49-43-37-31-25-19-13-7-1)58-52-46-40-34-28-22-16-10-4-6-12-18-24-30-36-42-48-54-60-62/h1-60H2. The monoisotopic (exact) mass is 903 g/mol. The van der Waals surface area contributed by atoms with E-state index < -0.39 is 0 Å². The van der Waals surface area contributed by atoms with Crippen LogP contribution in [0.15, 0.2) is 0 Å². The van der Waals surface area contributed by atoms with Gasteiger partial charge >= 0.3 is 0 Å². The summed E-state index contributed by atoms with van der Waals surface area (Å²) in [6.07, 6.45) is 91.5. The van der Waals surface area contributed by atoms with Gasteiger partial charge in [0.25, 0.3) is 0 Å². The smallest absolute Gasteiger partial charge is 0.0326 e. The summed E-state index contributed by atoms with van der Waals surface area (Å²) in [6, 6.07) is 0. The lowest BCUT2D eigenvalue weighted by molar-refractivity contribution is 0.525. The Morgan fingerprint density at radius 2 is 0.145 bits per heavy atom. The minimum atomic E-state index is 0.309. The van der Waals surface area contributed by atoms with Gasteiger partial charge in [0, 0.05) is 0 Å². The summed E-state index contributed by atoms with van der Waals surface area (Å²) in [4.78, 5) is 0. The molecular formula is C60H120P2. The molecule has 0 aliphatic carbocycles. The Morgan fingerprint density at radius 3 is 0.226 bits per heavy atom. The molecule has 2 bridgehead atoms. The average molecular weight is 904 g/mol. The summed E-state index contributed by atoms with van der Waals surface area (Å²) in [5.74, 6) is 0. The van der Waals surface area contributed by atoms with Crippen molar-refractivity contribution >= 4 is 15.8 Å². The third-order valence-corrected chi connectivity index (χ3v) is 21.3. The first-order chi connectivity index (χ1) is 30.9. The van der Waals surface area contributed by atoms with E-state index in [1.807, 2.05) is 0 Å². The molecule has 62 heavy (non-hydrogen) atoms. The highest BCUT2D eigenvalue weighted by molar-refractivity contribution is 7.57. The molecule has 3 fully saturated rings. The van der Waals surface area contributed by atoms with Crippen LogP contribution >= 0.6 is 15.8 Å². The third kappa shape index (κ3) is 44.7. The zero-order valence-corrected chi connectivity index (χ0v) is 45.1. The highest BCUT2D eigenvalue weighted by Crippen LogP contribution is 2.41. The highest BCUT2D eigenvalue weighted by Gasteiger charge is 2.10. The van der Waals surface area contributed by atoms with E-state index in [0.29, 0.717) is 15.8 Å². The topological polar surface area (TPSA) is 0 Å². The second kappa shape index (κ2) is 51.3. The van der Waals surface area contributed by atoms with E-state index >= 15 is 0 Å². The summed E-state index contributed by atoms with van der Waals surface area (Å²) in [6.45, 7) is 0. The van der Waals surface area contributed by atoms with Gasteiger partial charge in [-0.05, 0) is 75.5 Å². The van der Waals surface area contributed by atoms with E-state index in [1.165, 1.54) is 308 Å². The first-order valence-electron chi connectivity index (χ1n) is 30.4. The zero-order valence-electron chi connectivity index (χ0n) is 43.3. The van der Waals surface area contributed by atoms with Gasteiger partial charge in [0.2, 0.25) is 0 Å². The van der Waals surface area contributed by atoms with Crippen molar-refractivity contribution in [2.75, 3.05) is 37.0 Å². The van der Waals surface area contributed by atoms with Crippen molar-refractivity contribution in [2.24, 2.45) is 0 Å². The molecule has 0 saturated carbocycles. The Bertz CT molecular complexity index is 640. The number of fused-ring (bicyclic) bond motifs is 57. The van der Waals surface area contributed by atoms with E-state index in [4.69, 9.17) is 0 Å². The Labute approximate surface area is 397 Å². The molecule has 0 nitrogen and oxygen atoms in total. The van der Waals surface area contributed by atoms with Crippen molar-refractivity contribution in [1.82, 2.24) is 0 Å². The lowest BCUT2D eigenvalue weighted by atomic mass is 10.0. The molecule has 370 valence electrons. The van der Waals surface area contributed by atoms with Gasteiger partial charge in [-0.1, -0.05) is 308 Å². The Morgan fingerprint density at radius 1 is 0.0806 bits per heavy atom. The van der Waals surface area contributed by atoms with E-state index in [0.717, 1.165) is 0 Å². The fourth-order valence-corrected chi connectivity index (χ4v) is 16.5. The molecule has 0 N–H and O–H groups in total. The van der Waals surface area contributed by atoms with Gasteiger partial charge in [0.05, 0.1) is 0 Å². The van der Waals surface area contributed by atoms with Crippen LogP contribution in [0.25, 0.3) is 0 Å². The second-order valence-electron chi connectivity index (χ2n) is 21.8. The SMILES string of the molecule is C1CCCCCCCCCCP2CCCCCCCCCCCCCCCCCCCCP(CCCCCCCCC1)CCCCCCCCCCCCCCCCCCCC2. The molecule has 3 aliphatic rings. The maximum Gasteiger partial charge on any atom is -0.0326 e. The molecule has 3 saturated heterocycles. The first-order valence-corrected chi connectivity index (χ1v) is 34.2. The van der Waals surface area contributed by atoms with Crippen molar-refractivity contribution in [3.8, 4) is 0 Å². The summed E-state index contributed by atoms with van der Waals surface area (Å²) in [5, 5.41) is 0. The molecule has 3 heterocycles. The molecule has 0 aromatic carbocycles. The zero-order chi connectivity index (χ0) is 43.6. The molecule has 0 atom stereocenters. The molecule has 3 aliphatic heterocycles. The van der Waals surface area contributed by atoms with Crippen LogP contribution in [0.2, 0.25) is 0 Å². The lowest BCUT2D eigenvalue weighted by Gasteiger charge is -2.18. The Hall–Kier alpha value is 0.860. The van der Waals surface area contributed by atoms with Crippen LogP contribution in [0, 0.1) is 0 Å². The van der Waals surface area contributed by atoms with Gasteiger partial charge in [-0.25, -0.2) is 0 Å². The average Bonchev–Trinajstić information content (AvgIpc) is 3.28. The van der Waals surface area contributed by atoms with Crippen molar-refractivity contribution in [2.45, 2.75) is 347 Å². The highest BCUT2D eigenvalue weighted by atomic mass is 31.1. The predicted molar refractivity (Wildman–Crippen MR) is 292 cm³/mol. The van der Waals surface area contributed by atoms with Gasteiger partial charge in [-0.15, -0.1) is 15.8 Å². The van der Waals surface area contributed by atoms with E-state index in [1.54, 1.807) is 75.5 Å². The number of rotatable bonds is 0. The van der Waals surface area contributed by atoms with Gasteiger partial charge < -0.3 is 0 Å². The normalized spacial score (nSPS) is 26.7. The fraction of sp³-hybridized carbons (Fsp3) is 1.00. The summed E-state index contributed by atoms with van der Waals surface area (Å²) in [7, 11) is 0.619. The summed E-state index contributed by atoms with van der Waals surface area (Å²) in [5.41, 5.74) is 0. The molecule has 3 rings (SSSR count). The minimum Gasteiger partial charge on any atom is -0.107 e. The molecular weight excluding hydrogens is 783 g/mol. The van der Waals surface area contributed by atoms with E-state index in [2.05, 4.69) is 0 Å². The predicted octanol–water partition coefficient (Wildman–Crippen LogP) is 23.0. The van der Waals surface area contributed by atoms with Gasteiger partial charge in [-0.3, -0.25) is 0 Å². The molecule has 0 spiro atoms. The molecule has 0 amide bonds. The first kappa shape index (κ1) is 59.0. The van der Waals surface area contributed by atoms with Crippen molar-refractivity contribution in [3.63, 3.8) is 0 Å². The van der Waals surface area contributed by atoms with Crippen molar-refractivity contribution < 1.29 is 0 Å². The molecule has 0 aromatic heterocycles. The molecule has 2 heteroatoms. The Kier molecular flexibility index (Phi) is 48.8. The van der Waals surface area contributed by atoms with E-state index in [9.17, 15) is 0 Å². The van der Waals surface area contributed by atoms with Crippen LogP contribution < -0.4 is 0 Å². The maximum atomic E-state index is 1.61. The molecule has 0 unspecified atom stereocenters. The fourth-order valence-electron chi connectivity index (χ4n) is 11.2. The third-order valence-electron chi connectivity index (χ3n) is 15.6. The van der Waals surface area contributed by atoms with Crippen LogP contribution in [0.4, 0.5) is 0 Å². The van der Waals surface area contributed by atoms with Crippen LogP contribution in [0.1, 0.15) is 347 Å². The lowest BCUT2D eigenvalue weighted by Crippen LogP contribution is -1.97. The number of hydrogen-bond donors (Lipinski definition) is 0. The van der Waals surface area contributed by atoms with Gasteiger partial charge in [0.15, 0.2) is 0 Å².